The van der Waals surface area contributed by atoms with E-state index in [9.17, 15) is 9.59 Å². The van der Waals surface area contributed by atoms with Gasteiger partial charge in [0.2, 0.25) is 5.91 Å². The van der Waals surface area contributed by atoms with E-state index >= 15 is 0 Å². The van der Waals surface area contributed by atoms with Gasteiger partial charge in [-0.05, 0) is 86.7 Å². The van der Waals surface area contributed by atoms with Crippen molar-refractivity contribution in [3.05, 3.63) is 83.4 Å². The highest BCUT2D eigenvalue weighted by Gasteiger charge is 2.37. The molecule has 1 saturated carbocycles. The molecule has 0 saturated heterocycles. The second-order valence-electron chi connectivity index (χ2n) is 10.7. The minimum atomic E-state index is -0.889. The summed E-state index contributed by atoms with van der Waals surface area (Å²) in [6, 6.07) is 19.3. The van der Waals surface area contributed by atoms with Crippen LogP contribution in [0.15, 0.2) is 66.7 Å². The lowest BCUT2D eigenvalue weighted by Crippen LogP contribution is -2.49. The molecule has 4 aromatic rings. The van der Waals surface area contributed by atoms with Gasteiger partial charge in [-0.25, -0.2) is 4.68 Å². The van der Waals surface area contributed by atoms with Crippen molar-refractivity contribution in [3.8, 4) is 5.75 Å². The van der Waals surface area contributed by atoms with Crippen molar-refractivity contribution >= 4 is 28.5 Å². The van der Waals surface area contributed by atoms with Gasteiger partial charge in [-0.15, -0.1) is 5.10 Å². The fourth-order valence-corrected chi connectivity index (χ4v) is 5.49. The number of para-hydroxylation sites is 1. The van der Waals surface area contributed by atoms with Crippen molar-refractivity contribution in [1.82, 2.24) is 20.3 Å². The van der Waals surface area contributed by atoms with E-state index in [1.165, 1.54) is 6.42 Å². The number of carbonyl (C=O) groups is 2. The molecule has 2 unspecified atom stereocenters. The number of benzene rings is 3. The van der Waals surface area contributed by atoms with Gasteiger partial charge in [0.25, 0.3) is 5.91 Å². The summed E-state index contributed by atoms with van der Waals surface area (Å²) in [5.74, 6) is 0.236. The number of fused-ring (bicyclic) bond motifs is 1. The Morgan fingerprint density at radius 2 is 1.70 bits per heavy atom. The van der Waals surface area contributed by atoms with Gasteiger partial charge in [0.15, 0.2) is 0 Å². The van der Waals surface area contributed by atoms with Crippen LogP contribution >= 0.6 is 0 Å². The van der Waals surface area contributed by atoms with Gasteiger partial charge >= 0.3 is 0 Å². The standard InChI is InChI=1S/C32H37N5O3/c1-21-14-17-26(20-22(21)2)36(32(39)23(3)37-29-13-9-8-12-28(29)34-35-37)30(24-15-18-27(40-4)19-16-24)31(38)33-25-10-6-5-7-11-25/h8-9,12-20,23,25,30H,5-7,10-11H2,1-4H3,(H,33,38). The maximum Gasteiger partial charge on any atom is 0.252 e. The van der Waals surface area contributed by atoms with Gasteiger partial charge in [-0.3, -0.25) is 14.5 Å². The Labute approximate surface area is 235 Å². The van der Waals surface area contributed by atoms with Gasteiger partial charge in [-0.1, -0.05) is 54.8 Å². The number of carbonyl (C=O) groups excluding carboxylic acids is 2. The lowest BCUT2D eigenvalue weighted by atomic mass is 9.94. The molecule has 208 valence electrons. The molecule has 0 bridgehead atoms. The Morgan fingerprint density at radius 1 is 0.975 bits per heavy atom. The maximum absolute atomic E-state index is 14.5. The fraction of sp³-hybridized carbons (Fsp3) is 0.375. The number of nitrogens with zero attached hydrogens (tertiary/aromatic N) is 4. The van der Waals surface area contributed by atoms with Gasteiger partial charge < -0.3 is 10.1 Å². The van der Waals surface area contributed by atoms with E-state index in [-0.39, 0.29) is 17.9 Å². The third-order valence-electron chi connectivity index (χ3n) is 8.00. The molecule has 3 aromatic carbocycles. The number of ether oxygens (including phenoxy) is 1. The topological polar surface area (TPSA) is 89.4 Å². The number of aromatic nitrogens is 3. The van der Waals surface area contributed by atoms with Crippen LogP contribution in [0.5, 0.6) is 5.75 Å². The molecular formula is C32H37N5O3. The number of hydrogen-bond acceptors (Lipinski definition) is 5. The van der Waals surface area contributed by atoms with Crippen LogP contribution < -0.4 is 15.0 Å². The van der Waals surface area contributed by atoms with E-state index in [0.717, 1.165) is 42.3 Å². The molecule has 2 amide bonds. The van der Waals surface area contributed by atoms with Crippen LogP contribution in [-0.4, -0.2) is 40.0 Å². The summed E-state index contributed by atoms with van der Waals surface area (Å²) in [5, 5.41) is 11.9. The molecule has 8 nitrogen and oxygen atoms in total. The van der Waals surface area contributed by atoms with Crippen molar-refractivity contribution in [3.63, 3.8) is 0 Å². The molecule has 0 radical (unpaired) electrons. The van der Waals surface area contributed by atoms with E-state index in [1.54, 1.807) is 16.7 Å². The Hall–Kier alpha value is -4.20. The Bertz CT molecular complexity index is 1490. The van der Waals surface area contributed by atoms with Gasteiger partial charge in [0.1, 0.15) is 23.3 Å². The van der Waals surface area contributed by atoms with Crippen LogP contribution in [0.4, 0.5) is 5.69 Å². The lowest BCUT2D eigenvalue weighted by molar-refractivity contribution is -0.128. The molecule has 1 aliphatic rings. The zero-order valence-electron chi connectivity index (χ0n) is 23.6. The largest absolute Gasteiger partial charge is 0.497 e. The molecule has 5 rings (SSSR count). The fourth-order valence-electron chi connectivity index (χ4n) is 5.49. The van der Waals surface area contributed by atoms with Crippen molar-refractivity contribution in [2.45, 2.75) is 71.0 Å². The second kappa shape index (κ2) is 11.9. The van der Waals surface area contributed by atoms with Crippen LogP contribution in [0.2, 0.25) is 0 Å². The number of aryl methyl sites for hydroxylation is 2. The number of rotatable bonds is 8. The number of anilines is 1. The third kappa shape index (κ3) is 5.57. The second-order valence-corrected chi connectivity index (χ2v) is 10.7. The molecule has 40 heavy (non-hydrogen) atoms. The first kappa shape index (κ1) is 27.4. The van der Waals surface area contributed by atoms with Gasteiger partial charge in [-0.2, -0.15) is 0 Å². The predicted octanol–water partition coefficient (Wildman–Crippen LogP) is 5.84. The molecule has 1 fully saturated rings. The Morgan fingerprint density at radius 3 is 2.40 bits per heavy atom. The summed E-state index contributed by atoms with van der Waals surface area (Å²) < 4.78 is 7.02. The van der Waals surface area contributed by atoms with Crippen LogP contribution in [0.25, 0.3) is 11.0 Å². The van der Waals surface area contributed by atoms with Crippen LogP contribution in [0, 0.1) is 13.8 Å². The minimum absolute atomic E-state index is 0.0930. The summed E-state index contributed by atoms with van der Waals surface area (Å²) in [7, 11) is 1.61. The molecular weight excluding hydrogens is 502 g/mol. The highest BCUT2D eigenvalue weighted by Crippen LogP contribution is 2.33. The number of hydrogen-bond donors (Lipinski definition) is 1. The summed E-state index contributed by atoms with van der Waals surface area (Å²) in [5.41, 5.74) is 4.98. The Kier molecular flexibility index (Phi) is 8.14. The minimum Gasteiger partial charge on any atom is -0.497 e. The zero-order chi connectivity index (χ0) is 28.2. The molecule has 1 aliphatic carbocycles. The van der Waals surface area contributed by atoms with Crippen LogP contribution in [0.1, 0.15) is 67.8 Å². The first-order valence-corrected chi connectivity index (χ1v) is 14.0. The van der Waals surface area contributed by atoms with Crippen molar-refractivity contribution in [2.24, 2.45) is 0 Å². The average Bonchev–Trinajstić information content (AvgIpc) is 3.41. The average molecular weight is 540 g/mol. The zero-order valence-corrected chi connectivity index (χ0v) is 23.6. The van der Waals surface area contributed by atoms with E-state index in [1.807, 2.05) is 87.5 Å². The molecule has 8 heteroatoms. The van der Waals surface area contributed by atoms with Gasteiger partial charge in [0.05, 0.1) is 12.6 Å². The molecule has 2 atom stereocenters. The number of nitrogens with one attached hydrogen (secondary N) is 1. The summed E-state index contributed by atoms with van der Waals surface area (Å²) in [6.07, 6.45) is 5.26. The summed E-state index contributed by atoms with van der Waals surface area (Å²) in [6.45, 7) is 5.86. The third-order valence-corrected chi connectivity index (χ3v) is 8.00. The van der Waals surface area contributed by atoms with Crippen molar-refractivity contribution < 1.29 is 14.3 Å². The molecule has 0 aliphatic heterocycles. The van der Waals surface area contributed by atoms with E-state index in [4.69, 9.17) is 4.74 Å². The van der Waals surface area contributed by atoms with Crippen LogP contribution in [0.3, 0.4) is 0 Å². The van der Waals surface area contributed by atoms with Crippen molar-refractivity contribution in [1.29, 1.82) is 0 Å². The SMILES string of the molecule is COc1ccc(C(C(=O)NC2CCCCC2)N(C(=O)C(C)n2nnc3ccccc32)c2ccc(C)c(C)c2)cc1. The number of amides is 2. The predicted molar refractivity (Wildman–Crippen MR) is 156 cm³/mol. The smallest absolute Gasteiger partial charge is 0.252 e. The molecule has 1 N–H and O–H groups in total. The normalized spacial score (nSPS) is 15.4. The molecule has 0 spiro atoms. The summed E-state index contributed by atoms with van der Waals surface area (Å²) in [4.78, 5) is 30.4. The Balaban J connectivity index is 1.61. The first-order chi connectivity index (χ1) is 19.4. The lowest BCUT2D eigenvalue weighted by Gasteiger charge is -2.35. The highest BCUT2D eigenvalue weighted by molar-refractivity contribution is 6.03. The van der Waals surface area contributed by atoms with Crippen molar-refractivity contribution in [2.75, 3.05) is 12.0 Å². The van der Waals surface area contributed by atoms with E-state index in [0.29, 0.717) is 22.5 Å². The highest BCUT2D eigenvalue weighted by atomic mass is 16.5. The monoisotopic (exact) mass is 539 g/mol. The molecule has 1 heterocycles. The van der Waals surface area contributed by atoms with Crippen LogP contribution in [-0.2, 0) is 9.59 Å². The quantitative estimate of drug-likeness (QED) is 0.304. The first-order valence-electron chi connectivity index (χ1n) is 14.0. The molecule has 1 aromatic heterocycles. The maximum atomic E-state index is 14.5. The van der Waals surface area contributed by atoms with Gasteiger partial charge in [0, 0.05) is 11.7 Å². The number of methoxy groups -OCH3 is 1. The van der Waals surface area contributed by atoms with E-state index in [2.05, 4.69) is 15.6 Å². The van der Waals surface area contributed by atoms with E-state index < -0.39 is 12.1 Å². The summed E-state index contributed by atoms with van der Waals surface area (Å²) >= 11 is 0.